The number of piperazine rings is 1. The molecule has 0 amide bonds. The number of rotatable bonds is 4. The Hall–Kier alpha value is -0.120. The Labute approximate surface area is 101 Å². The predicted molar refractivity (Wildman–Crippen MR) is 70.9 cm³/mol. The van der Waals surface area contributed by atoms with Crippen LogP contribution in [0.5, 0.6) is 0 Å². The van der Waals surface area contributed by atoms with E-state index in [-0.39, 0.29) is 5.54 Å². The molecule has 96 valence electrons. The molecule has 1 saturated heterocycles. The van der Waals surface area contributed by atoms with E-state index in [1.165, 1.54) is 32.6 Å². The maximum Gasteiger partial charge on any atom is 0.0113 e. The highest BCUT2D eigenvalue weighted by molar-refractivity contribution is 4.77. The molecular formula is C13H29N3. The molecule has 16 heavy (non-hydrogen) atoms. The molecule has 0 aromatic rings. The number of likely N-dealkylation sites (N-methyl/N-ethyl adjacent to an activating group) is 1. The highest BCUT2D eigenvalue weighted by Crippen LogP contribution is 2.08. The van der Waals surface area contributed by atoms with Crippen LogP contribution in [0.3, 0.4) is 0 Å². The zero-order valence-corrected chi connectivity index (χ0v) is 11.7. The van der Waals surface area contributed by atoms with Gasteiger partial charge in [0.05, 0.1) is 0 Å². The van der Waals surface area contributed by atoms with E-state index in [0.717, 1.165) is 6.54 Å². The van der Waals surface area contributed by atoms with Crippen molar-refractivity contribution in [1.29, 1.82) is 0 Å². The third-order valence-corrected chi connectivity index (χ3v) is 3.38. The van der Waals surface area contributed by atoms with Crippen LogP contribution in [-0.4, -0.2) is 61.2 Å². The largest absolute Gasteiger partial charge is 0.312 e. The van der Waals surface area contributed by atoms with Gasteiger partial charge < -0.3 is 10.2 Å². The van der Waals surface area contributed by atoms with E-state index in [1.807, 2.05) is 0 Å². The van der Waals surface area contributed by atoms with Crippen LogP contribution in [0.4, 0.5) is 0 Å². The fraction of sp³-hybridized carbons (Fsp3) is 1.00. The summed E-state index contributed by atoms with van der Waals surface area (Å²) >= 11 is 0. The lowest BCUT2D eigenvalue weighted by atomic mass is 10.1. The van der Waals surface area contributed by atoms with Crippen molar-refractivity contribution in [2.45, 2.75) is 45.7 Å². The molecule has 0 spiro atoms. The van der Waals surface area contributed by atoms with Gasteiger partial charge in [-0.2, -0.15) is 0 Å². The van der Waals surface area contributed by atoms with Crippen LogP contribution in [-0.2, 0) is 0 Å². The van der Waals surface area contributed by atoms with Crippen LogP contribution in [0.15, 0.2) is 0 Å². The average molecular weight is 227 g/mol. The molecule has 0 saturated carbocycles. The van der Waals surface area contributed by atoms with Gasteiger partial charge in [0, 0.05) is 37.8 Å². The minimum Gasteiger partial charge on any atom is -0.312 e. The SMILES string of the molecule is CC(CCNC(C)(C)C)N1CCN(C)CC1. The Bertz CT molecular complexity index is 190. The summed E-state index contributed by atoms with van der Waals surface area (Å²) in [5.74, 6) is 0. The van der Waals surface area contributed by atoms with Crippen molar-refractivity contribution in [3.8, 4) is 0 Å². The summed E-state index contributed by atoms with van der Waals surface area (Å²) in [6.45, 7) is 15.1. The summed E-state index contributed by atoms with van der Waals surface area (Å²) in [4.78, 5) is 5.03. The normalized spacial score (nSPS) is 22.3. The highest BCUT2D eigenvalue weighted by Gasteiger charge is 2.19. The summed E-state index contributed by atoms with van der Waals surface area (Å²) in [5, 5.41) is 3.56. The maximum absolute atomic E-state index is 3.56. The van der Waals surface area contributed by atoms with Crippen molar-refractivity contribution < 1.29 is 0 Å². The zero-order valence-electron chi connectivity index (χ0n) is 11.7. The van der Waals surface area contributed by atoms with Gasteiger partial charge in [-0.05, 0) is 47.7 Å². The van der Waals surface area contributed by atoms with Crippen molar-refractivity contribution in [3.63, 3.8) is 0 Å². The van der Waals surface area contributed by atoms with Crippen LogP contribution in [0.1, 0.15) is 34.1 Å². The summed E-state index contributed by atoms with van der Waals surface area (Å²) in [6, 6.07) is 0.712. The molecule has 3 heteroatoms. The Morgan fingerprint density at radius 1 is 1.12 bits per heavy atom. The smallest absolute Gasteiger partial charge is 0.0113 e. The van der Waals surface area contributed by atoms with Crippen LogP contribution >= 0.6 is 0 Å². The molecule has 1 aliphatic heterocycles. The molecule has 1 heterocycles. The fourth-order valence-electron chi connectivity index (χ4n) is 2.10. The first kappa shape index (κ1) is 13.9. The average Bonchev–Trinajstić information content (AvgIpc) is 2.16. The number of nitrogens with one attached hydrogen (secondary N) is 1. The first-order chi connectivity index (χ1) is 7.38. The van der Waals surface area contributed by atoms with E-state index < -0.39 is 0 Å². The van der Waals surface area contributed by atoms with Gasteiger partial charge in [-0.15, -0.1) is 0 Å². The van der Waals surface area contributed by atoms with E-state index in [1.54, 1.807) is 0 Å². The molecule has 1 rings (SSSR count). The van der Waals surface area contributed by atoms with Crippen molar-refractivity contribution in [2.75, 3.05) is 39.8 Å². The first-order valence-corrected chi connectivity index (χ1v) is 6.56. The van der Waals surface area contributed by atoms with E-state index in [4.69, 9.17) is 0 Å². The van der Waals surface area contributed by atoms with Gasteiger partial charge in [-0.25, -0.2) is 0 Å². The Balaban J connectivity index is 2.17. The zero-order chi connectivity index (χ0) is 12.2. The van der Waals surface area contributed by atoms with Crippen LogP contribution in [0.25, 0.3) is 0 Å². The molecule has 0 aromatic carbocycles. The third-order valence-electron chi connectivity index (χ3n) is 3.38. The van der Waals surface area contributed by atoms with Gasteiger partial charge >= 0.3 is 0 Å². The summed E-state index contributed by atoms with van der Waals surface area (Å²) in [7, 11) is 2.21. The molecule has 1 aliphatic rings. The quantitative estimate of drug-likeness (QED) is 0.783. The predicted octanol–water partition coefficient (Wildman–Crippen LogP) is 1.40. The number of hydrogen-bond donors (Lipinski definition) is 1. The van der Waals surface area contributed by atoms with E-state index in [0.29, 0.717) is 6.04 Å². The summed E-state index contributed by atoms with van der Waals surface area (Å²) in [6.07, 6.45) is 1.25. The van der Waals surface area contributed by atoms with Crippen molar-refractivity contribution in [3.05, 3.63) is 0 Å². The summed E-state index contributed by atoms with van der Waals surface area (Å²) < 4.78 is 0. The Kier molecular flexibility index (Phi) is 5.22. The summed E-state index contributed by atoms with van der Waals surface area (Å²) in [5.41, 5.74) is 0.252. The Morgan fingerprint density at radius 2 is 1.69 bits per heavy atom. The molecule has 0 radical (unpaired) electrons. The second-order valence-electron chi connectivity index (χ2n) is 6.15. The molecular weight excluding hydrogens is 198 g/mol. The standard InChI is InChI=1S/C13H29N3/c1-12(6-7-14-13(2,3)4)16-10-8-15(5)9-11-16/h12,14H,6-11H2,1-5H3. The van der Waals surface area contributed by atoms with E-state index in [9.17, 15) is 0 Å². The van der Waals surface area contributed by atoms with Gasteiger partial charge in [-0.3, -0.25) is 4.90 Å². The van der Waals surface area contributed by atoms with Gasteiger partial charge in [0.15, 0.2) is 0 Å². The lowest BCUT2D eigenvalue weighted by Crippen LogP contribution is -2.49. The molecule has 1 fully saturated rings. The fourth-order valence-corrected chi connectivity index (χ4v) is 2.10. The lowest BCUT2D eigenvalue weighted by Gasteiger charge is -2.36. The van der Waals surface area contributed by atoms with Gasteiger partial charge in [-0.1, -0.05) is 0 Å². The minimum atomic E-state index is 0.252. The number of nitrogens with zero attached hydrogens (tertiary/aromatic N) is 2. The highest BCUT2D eigenvalue weighted by atomic mass is 15.3. The topological polar surface area (TPSA) is 18.5 Å². The minimum absolute atomic E-state index is 0.252. The van der Waals surface area contributed by atoms with Gasteiger partial charge in [0.1, 0.15) is 0 Å². The lowest BCUT2D eigenvalue weighted by molar-refractivity contribution is 0.113. The molecule has 1 unspecified atom stereocenters. The van der Waals surface area contributed by atoms with Crippen molar-refractivity contribution in [1.82, 2.24) is 15.1 Å². The molecule has 3 nitrogen and oxygen atoms in total. The van der Waals surface area contributed by atoms with E-state index >= 15 is 0 Å². The Morgan fingerprint density at radius 3 is 2.19 bits per heavy atom. The van der Waals surface area contributed by atoms with Crippen LogP contribution in [0, 0.1) is 0 Å². The number of hydrogen-bond acceptors (Lipinski definition) is 3. The molecule has 1 atom stereocenters. The van der Waals surface area contributed by atoms with Crippen LogP contribution in [0.2, 0.25) is 0 Å². The van der Waals surface area contributed by atoms with Gasteiger partial charge in [0.2, 0.25) is 0 Å². The second kappa shape index (κ2) is 5.99. The van der Waals surface area contributed by atoms with Crippen molar-refractivity contribution in [2.24, 2.45) is 0 Å². The first-order valence-electron chi connectivity index (χ1n) is 6.56. The monoisotopic (exact) mass is 227 g/mol. The van der Waals surface area contributed by atoms with Crippen molar-refractivity contribution >= 4 is 0 Å². The third kappa shape index (κ3) is 5.28. The molecule has 1 N–H and O–H groups in total. The maximum atomic E-state index is 3.56. The molecule has 0 aliphatic carbocycles. The van der Waals surface area contributed by atoms with Gasteiger partial charge in [0.25, 0.3) is 0 Å². The second-order valence-corrected chi connectivity index (χ2v) is 6.15. The molecule has 0 aromatic heterocycles. The van der Waals surface area contributed by atoms with E-state index in [2.05, 4.69) is 49.9 Å². The molecule has 0 bridgehead atoms. The van der Waals surface area contributed by atoms with Crippen LogP contribution < -0.4 is 5.32 Å².